The van der Waals surface area contributed by atoms with Gasteiger partial charge in [-0.3, -0.25) is 9.78 Å². The summed E-state index contributed by atoms with van der Waals surface area (Å²) in [5, 5.41) is 2.87. The van der Waals surface area contributed by atoms with E-state index in [-0.39, 0.29) is 41.3 Å². The number of amides is 1. The van der Waals surface area contributed by atoms with Gasteiger partial charge < -0.3 is 15.8 Å². The molecule has 3 atom stereocenters. The van der Waals surface area contributed by atoms with Gasteiger partial charge in [-0.25, -0.2) is 13.8 Å². The highest BCUT2D eigenvalue weighted by Gasteiger charge is 2.60. The molecule has 2 aliphatic rings. The molecule has 0 radical (unpaired) electrons. The molecule has 6 nitrogen and oxygen atoms in total. The molecule has 0 saturated carbocycles. The topological polar surface area (TPSA) is 89.6 Å². The quantitative estimate of drug-likeness (QED) is 0.774. The minimum absolute atomic E-state index is 0.00909. The fourth-order valence-corrected chi connectivity index (χ4v) is 4.85. The lowest BCUT2D eigenvalue weighted by Gasteiger charge is -2.49. The molecule has 1 aromatic heterocycles. The molecule has 2 aromatic rings. The number of anilines is 1. The number of alkyl halides is 1. The van der Waals surface area contributed by atoms with E-state index < -0.39 is 22.9 Å². The van der Waals surface area contributed by atoms with E-state index in [1.165, 1.54) is 18.2 Å². The van der Waals surface area contributed by atoms with Crippen LogP contribution in [0.15, 0.2) is 41.5 Å². The normalized spacial score (nSPS) is 28.4. The van der Waals surface area contributed by atoms with E-state index in [4.69, 9.17) is 10.5 Å². The molecule has 158 valence electrons. The van der Waals surface area contributed by atoms with Crippen molar-refractivity contribution in [3.63, 3.8) is 0 Å². The molecule has 1 saturated heterocycles. The van der Waals surface area contributed by atoms with E-state index in [0.717, 1.165) is 17.3 Å². The Hall–Kier alpha value is -2.52. The minimum atomic E-state index is -1.83. The number of carbonyl (C=O) groups excluding carboxylic acids is 1. The Labute approximate surface area is 177 Å². The van der Waals surface area contributed by atoms with Crippen molar-refractivity contribution in [2.45, 2.75) is 37.6 Å². The summed E-state index contributed by atoms with van der Waals surface area (Å²) in [6.07, 6.45) is 1.33. The van der Waals surface area contributed by atoms with Crippen LogP contribution in [0.2, 0.25) is 0 Å². The Morgan fingerprint density at radius 1 is 1.37 bits per heavy atom. The highest BCUT2D eigenvalue weighted by atomic mass is 32.2. The number of benzene rings is 1. The standard InChI is InChI=1S/C21H22F2N4O2S/c1-12-3-6-17(25-9-12)18(28)26-14-4-5-16(22)15(7-14)21-10-29-13(2)8-20(21,23)11-30-19(24)27-21/h3-7,9,13H,8,10-11H2,1-2H3,(H2,24,27)(H,26,28)/t13-,20+,21+/m0/s1. The first kappa shape index (κ1) is 20.7. The lowest BCUT2D eigenvalue weighted by Crippen LogP contribution is -2.60. The van der Waals surface area contributed by atoms with Gasteiger partial charge >= 0.3 is 0 Å². The molecule has 3 N–H and O–H groups in total. The monoisotopic (exact) mass is 432 g/mol. The van der Waals surface area contributed by atoms with Gasteiger partial charge in [0.05, 0.1) is 12.7 Å². The second-order valence-electron chi connectivity index (χ2n) is 7.76. The first-order valence-electron chi connectivity index (χ1n) is 9.55. The fraction of sp³-hybridized carbons (Fsp3) is 0.381. The second-order valence-corrected chi connectivity index (χ2v) is 8.76. The number of amidine groups is 1. The van der Waals surface area contributed by atoms with E-state index in [1.807, 2.05) is 6.92 Å². The summed E-state index contributed by atoms with van der Waals surface area (Å²) in [5.41, 5.74) is 3.92. The lowest BCUT2D eigenvalue weighted by atomic mass is 9.72. The maximum atomic E-state index is 16.1. The molecule has 3 heterocycles. The Morgan fingerprint density at radius 3 is 2.90 bits per heavy atom. The van der Waals surface area contributed by atoms with Crippen LogP contribution in [0.4, 0.5) is 14.5 Å². The van der Waals surface area contributed by atoms with Crippen LogP contribution in [-0.4, -0.2) is 40.2 Å². The van der Waals surface area contributed by atoms with Gasteiger partial charge in [-0.1, -0.05) is 17.8 Å². The number of pyridine rings is 1. The number of thioether (sulfide) groups is 1. The Bertz CT molecular complexity index is 1020. The molecular weight excluding hydrogens is 410 g/mol. The summed E-state index contributed by atoms with van der Waals surface area (Å²) >= 11 is 1.11. The van der Waals surface area contributed by atoms with Gasteiger partial charge in [-0.05, 0) is 43.7 Å². The number of hydrogen-bond acceptors (Lipinski definition) is 6. The van der Waals surface area contributed by atoms with Crippen molar-refractivity contribution in [2.75, 3.05) is 17.7 Å². The number of nitrogens with one attached hydrogen (secondary N) is 1. The van der Waals surface area contributed by atoms with E-state index in [9.17, 15) is 9.18 Å². The largest absolute Gasteiger partial charge is 0.379 e. The van der Waals surface area contributed by atoms with Crippen molar-refractivity contribution >= 4 is 28.5 Å². The zero-order valence-electron chi connectivity index (χ0n) is 16.6. The molecule has 9 heteroatoms. The summed E-state index contributed by atoms with van der Waals surface area (Å²) in [4.78, 5) is 21.0. The molecule has 0 aliphatic carbocycles. The number of fused-ring (bicyclic) bond motifs is 1. The van der Waals surface area contributed by atoms with Crippen molar-refractivity contribution < 1.29 is 18.3 Å². The van der Waals surface area contributed by atoms with Crippen LogP contribution in [0.3, 0.4) is 0 Å². The van der Waals surface area contributed by atoms with Gasteiger partial charge in [-0.2, -0.15) is 0 Å². The summed E-state index contributed by atoms with van der Waals surface area (Å²) in [6.45, 7) is 3.50. The number of nitrogens with zero attached hydrogens (tertiary/aromatic N) is 2. The van der Waals surface area contributed by atoms with E-state index in [2.05, 4.69) is 15.3 Å². The lowest BCUT2D eigenvalue weighted by molar-refractivity contribution is -0.107. The number of ether oxygens (including phenoxy) is 1. The Balaban J connectivity index is 1.72. The molecule has 4 rings (SSSR count). The summed E-state index contributed by atoms with van der Waals surface area (Å²) in [5.74, 6) is -1.03. The average Bonchev–Trinajstić information content (AvgIpc) is 2.70. The van der Waals surface area contributed by atoms with Crippen molar-refractivity contribution in [1.29, 1.82) is 0 Å². The Morgan fingerprint density at radius 2 is 2.17 bits per heavy atom. The maximum Gasteiger partial charge on any atom is 0.274 e. The molecule has 0 spiro atoms. The summed E-state index contributed by atoms with van der Waals surface area (Å²) in [7, 11) is 0. The number of nitrogens with two attached hydrogens (primary N) is 1. The van der Waals surface area contributed by atoms with Crippen molar-refractivity contribution in [3.05, 3.63) is 59.2 Å². The number of carbonyl (C=O) groups is 1. The SMILES string of the molecule is Cc1ccc(C(=O)Nc2ccc(F)c([C@]34CO[C@@H](C)C[C@@]3(F)CSC(N)=N4)c2)nc1. The van der Waals surface area contributed by atoms with Gasteiger partial charge in [0.2, 0.25) is 0 Å². The van der Waals surface area contributed by atoms with E-state index in [0.29, 0.717) is 5.69 Å². The number of hydrogen-bond donors (Lipinski definition) is 2. The predicted molar refractivity (Wildman–Crippen MR) is 113 cm³/mol. The van der Waals surface area contributed by atoms with Crippen molar-refractivity contribution in [1.82, 2.24) is 4.98 Å². The van der Waals surface area contributed by atoms with Crippen LogP contribution in [0.1, 0.15) is 35.0 Å². The third kappa shape index (κ3) is 3.56. The maximum absolute atomic E-state index is 16.1. The highest BCUT2D eigenvalue weighted by Crippen LogP contribution is 2.51. The molecule has 1 amide bonds. The summed E-state index contributed by atoms with van der Waals surface area (Å²) < 4.78 is 36.8. The zero-order valence-corrected chi connectivity index (χ0v) is 17.4. The van der Waals surface area contributed by atoms with Crippen LogP contribution in [0.5, 0.6) is 0 Å². The second kappa shape index (κ2) is 7.63. The number of aryl methyl sites for hydroxylation is 1. The van der Waals surface area contributed by atoms with Gasteiger partial charge in [0.25, 0.3) is 5.91 Å². The highest BCUT2D eigenvalue weighted by molar-refractivity contribution is 8.13. The third-order valence-corrected chi connectivity index (χ3v) is 6.48. The smallest absolute Gasteiger partial charge is 0.274 e. The molecule has 0 bridgehead atoms. The average molecular weight is 432 g/mol. The van der Waals surface area contributed by atoms with Crippen LogP contribution >= 0.6 is 11.8 Å². The molecule has 1 aromatic carbocycles. The number of aliphatic imine (C=N–C) groups is 1. The van der Waals surface area contributed by atoms with Gasteiger partial charge in [0.1, 0.15) is 17.1 Å². The van der Waals surface area contributed by atoms with Crippen LogP contribution in [0.25, 0.3) is 0 Å². The molecule has 0 unspecified atom stereocenters. The van der Waals surface area contributed by atoms with E-state index >= 15 is 4.39 Å². The molecular formula is C21H22F2N4O2S. The van der Waals surface area contributed by atoms with Crippen LogP contribution in [-0.2, 0) is 10.3 Å². The van der Waals surface area contributed by atoms with Crippen LogP contribution in [0, 0.1) is 12.7 Å². The third-order valence-electron chi connectivity index (χ3n) is 5.49. The van der Waals surface area contributed by atoms with E-state index in [1.54, 1.807) is 25.3 Å². The zero-order chi connectivity index (χ0) is 21.5. The predicted octanol–water partition coefficient (Wildman–Crippen LogP) is 3.56. The molecule has 1 fully saturated rings. The number of rotatable bonds is 3. The number of halogens is 2. The van der Waals surface area contributed by atoms with Gasteiger partial charge in [0, 0.05) is 29.6 Å². The van der Waals surface area contributed by atoms with Gasteiger partial charge in [0.15, 0.2) is 10.8 Å². The molecule has 30 heavy (non-hydrogen) atoms. The number of aromatic nitrogens is 1. The summed E-state index contributed by atoms with van der Waals surface area (Å²) in [6, 6.07) is 7.38. The Kier molecular flexibility index (Phi) is 5.27. The first-order chi connectivity index (χ1) is 14.2. The molecule has 2 aliphatic heterocycles. The minimum Gasteiger partial charge on any atom is -0.379 e. The van der Waals surface area contributed by atoms with Crippen molar-refractivity contribution in [3.8, 4) is 0 Å². The van der Waals surface area contributed by atoms with Crippen LogP contribution < -0.4 is 11.1 Å². The van der Waals surface area contributed by atoms with Gasteiger partial charge in [-0.15, -0.1) is 0 Å². The van der Waals surface area contributed by atoms with Crippen molar-refractivity contribution in [2.24, 2.45) is 10.7 Å². The first-order valence-corrected chi connectivity index (χ1v) is 10.5. The fourth-order valence-electron chi connectivity index (χ4n) is 3.89.